The Morgan fingerprint density at radius 1 is 1.06 bits per heavy atom. The summed E-state index contributed by atoms with van der Waals surface area (Å²) in [6, 6.07) is 10.5. The molecule has 0 bridgehead atoms. The Morgan fingerprint density at radius 3 is 2.58 bits per heavy atom. The average molecular weight is 424 g/mol. The van der Waals surface area contributed by atoms with Gasteiger partial charge >= 0.3 is 0 Å². The van der Waals surface area contributed by atoms with E-state index in [2.05, 4.69) is 19.2 Å². The molecule has 4 rings (SSSR count). The van der Waals surface area contributed by atoms with Gasteiger partial charge in [0.15, 0.2) is 11.5 Å². The number of nitrogens with zero attached hydrogens (tertiary/aromatic N) is 1. The number of carbonyl (C=O) groups excluding carboxylic acids is 2. The molecule has 0 atom stereocenters. The van der Waals surface area contributed by atoms with E-state index >= 15 is 0 Å². The van der Waals surface area contributed by atoms with Gasteiger partial charge in [0.25, 0.3) is 5.91 Å². The minimum absolute atomic E-state index is 0.0196. The van der Waals surface area contributed by atoms with Gasteiger partial charge in [-0.3, -0.25) is 9.59 Å². The molecule has 1 N–H and O–H groups in total. The SMILES string of the molecule is CC(C)CCN1C(=O)C(C)(C)COc2ccc(NC(=O)c3ccc4c(c3)OCO4)cc21. The van der Waals surface area contributed by atoms with E-state index in [1.165, 1.54) is 0 Å². The van der Waals surface area contributed by atoms with Crippen LogP contribution in [0.3, 0.4) is 0 Å². The van der Waals surface area contributed by atoms with Crippen molar-refractivity contribution in [3.8, 4) is 17.2 Å². The molecule has 2 amide bonds. The fourth-order valence-electron chi connectivity index (χ4n) is 3.57. The molecule has 0 spiro atoms. The quantitative estimate of drug-likeness (QED) is 0.767. The fourth-order valence-corrected chi connectivity index (χ4v) is 3.57. The maximum atomic E-state index is 13.2. The molecule has 164 valence electrons. The van der Waals surface area contributed by atoms with E-state index in [0.29, 0.717) is 53.3 Å². The predicted molar refractivity (Wildman–Crippen MR) is 118 cm³/mol. The number of anilines is 2. The van der Waals surface area contributed by atoms with E-state index in [1.807, 2.05) is 19.9 Å². The van der Waals surface area contributed by atoms with Crippen molar-refractivity contribution < 1.29 is 23.8 Å². The van der Waals surface area contributed by atoms with E-state index in [4.69, 9.17) is 14.2 Å². The summed E-state index contributed by atoms with van der Waals surface area (Å²) in [6.07, 6.45) is 0.870. The summed E-state index contributed by atoms with van der Waals surface area (Å²) in [4.78, 5) is 27.8. The van der Waals surface area contributed by atoms with Crippen LogP contribution in [0.5, 0.6) is 17.2 Å². The van der Waals surface area contributed by atoms with Gasteiger partial charge < -0.3 is 24.4 Å². The van der Waals surface area contributed by atoms with Crippen LogP contribution in [0.15, 0.2) is 36.4 Å². The van der Waals surface area contributed by atoms with Crippen LogP contribution in [0.25, 0.3) is 0 Å². The van der Waals surface area contributed by atoms with E-state index < -0.39 is 5.41 Å². The molecular formula is C24H28N2O5. The highest BCUT2D eigenvalue weighted by Gasteiger charge is 2.37. The van der Waals surface area contributed by atoms with Gasteiger partial charge in [0.1, 0.15) is 12.4 Å². The lowest BCUT2D eigenvalue weighted by molar-refractivity contribution is -0.127. The highest BCUT2D eigenvalue weighted by Crippen LogP contribution is 2.39. The summed E-state index contributed by atoms with van der Waals surface area (Å²) in [5, 5.41) is 2.91. The third-order valence-electron chi connectivity index (χ3n) is 5.49. The zero-order valence-corrected chi connectivity index (χ0v) is 18.4. The second-order valence-corrected chi connectivity index (χ2v) is 9.02. The number of hydrogen-bond acceptors (Lipinski definition) is 5. The number of nitrogens with one attached hydrogen (secondary N) is 1. The van der Waals surface area contributed by atoms with Crippen LogP contribution in [-0.2, 0) is 4.79 Å². The monoisotopic (exact) mass is 424 g/mol. The molecule has 2 heterocycles. The van der Waals surface area contributed by atoms with Crippen LogP contribution in [0.4, 0.5) is 11.4 Å². The summed E-state index contributed by atoms with van der Waals surface area (Å²) in [7, 11) is 0. The number of fused-ring (bicyclic) bond motifs is 2. The molecule has 0 fully saturated rings. The Bertz CT molecular complexity index is 1020. The molecule has 0 unspecified atom stereocenters. The molecule has 31 heavy (non-hydrogen) atoms. The largest absolute Gasteiger partial charge is 0.490 e. The van der Waals surface area contributed by atoms with Crippen LogP contribution < -0.4 is 24.4 Å². The van der Waals surface area contributed by atoms with Crippen molar-refractivity contribution in [2.45, 2.75) is 34.1 Å². The molecule has 2 aliphatic heterocycles. The summed E-state index contributed by atoms with van der Waals surface area (Å²) in [6.45, 7) is 9.11. The number of carbonyl (C=O) groups is 2. The smallest absolute Gasteiger partial charge is 0.255 e. The lowest BCUT2D eigenvalue weighted by Crippen LogP contribution is -2.42. The minimum Gasteiger partial charge on any atom is -0.490 e. The average Bonchev–Trinajstić information content (AvgIpc) is 3.17. The molecule has 2 aliphatic rings. The topological polar surface area (TPSA) is 77.1 Å². The first-order valence-corrected chi connectivity index (χ1v) is 10.5. The molecular weight excluding hydrogens is 396 g/mol. The summed E-state index contributed by atoms with van der Waals surface area (Å²) in [5.41, 5.74) is 1.10. The Kier molecular flexibility index (Phi) is 5.52. The van der Waals surface area contributed by atoms with Gasteiger partial charge in [-0.2, -0.15) is 0 Å². The lowest BCUT2D eigenvalue weighted by atomic mass is 9.92. The van der Waals surface area contributed by atoms with Crippen molar-refractivity contribution in [1.82, 2.24) is 0 Å². The Hall–Kier alpha value is -3.22. The third kappa shape index (κ3) is 4.31. The van der Waals surface area contributed by atoms with Gasteiger partial charge in [0.2, 0.25) is 12.7 Å². The number of hydrogen-bond donors (Lipinski definition) is 1. The number of amides is 2. The standard InChI is InChI=1S/C24H28N2O5/c1-15(2)9-10-26-18-12-17(6-8-19(18)29-13-24(3,4)23(26)28)25-22(27)16-5-7-20-21(11-16)31-14-30-20/h5-8,11-12,15H,9-10,13-14H2,1-4H3,(H,25,27). The number of benzene rings is 2. The minimum atomic E-state index is -0.633. The fraction of sp³-hybridized carbons (Fsp3) is 0.417. The molecule has 0 aromatic heterocycles. The molecule has 2 aromatic rings. The molecule has 0 aliphatic carbocycles. The lowest BCUT2D eigenvalue weighted by Gasteiger charge is -2.28. The molecule has 0 saturated carbocycles. The summed E-state index contributed by atoms with van der Waals surface area (Å²) < 4.78 is 16.6. The second kappa shape index (κ2) is 8.13. The molecule has 7 heteroatoms. The van der Waals surface area contributed by atoms with E-state index in [9.17, 15) is 9.59 Å². The number of rotatable bonds is 5. The van der Waals surface area contributed by atoms with Crippen molar-refractivity contribution in [3.05, 3.63) is 42.0 Å². The van der Waals surface area contributed by atoms with Gasteiger partial charge in [-0.1, -0.05) is 13.8 Å². The van der Waals surface area contributed by atoms with Gasteiger partial charge in [0, 0.05) is 17.8 Å². The van der Waals surface area contributed by atoms with Crippen molar-refractivity contribution in [2.75, 3.05) is 30.2 Å². The van der Waals surface area contributed by atoms with Crippen LogP contribution in [0.1, 0.15) is 44.5 Å². The van der Waals surface area contributed by atoms with E-state index in [0.717, 1.165) is 6.42 Å². The Labute approximate surface area is 182 Å². The zero-order chi connectivity index (χ0) is 22.2. The first-order chi connectivity index (χ1) is 14.7. The molecule has 0 radical (unpaired) electrons. The van der Waals surface area contributed by atoms with Gasteiger partial charge in [-0.05, 0) is 62.6 Å². The van der Waals surface area contributed by atoms with Crippen LogP contribution in [0.2, 0.25) is 0 Å². The van der Waals surface area contributed by atoms with Gasteiger partial charge in [0.05, 0.1) is 11.1 Å². The predicted octanol–water partition coefficient (Wildman–Crippen LogP) is 4.47. The highest BCUT2D eigenvalue weighted by atomic mass is 16.7. The van der Waals surface area contributed by atoms with Crippen molar-refractivity contribution in [1.29, 1.82) is 0 Å². The third-order valence-corrected chi connectivity index (χ3v) is 5.49. The molecule has 0 saturated heterocycles. The van der Waals surface area contributed by atoms with Crippen LogP contribution >= 0.6 is 0 Å². The first-order valence-electron chi connectivity index (χ1n) is 10.5. The molecule has 7 nitrogen and oxygen atoms in total. The highest BCUT2D eigenvalue weighted by molar-refractivity contribution is 6.06. The Balaban J connectivity index is 1.61. The summed E-state index contributed by atoms with van der Waals surface area (Å²) in [5.74, 6) is 2.02. The normalized spacial score (nSPS) is 16.5. The number of ether oxygens (including phenoxy) is 3. The van der Waals surface area contributed by atoms with Crippen molar-refractivity contribution in [3.63, 3.8) is 0 Å². The van der Waals surface area contributed by atoms with Crippen LogP contribution in [0, 0.1) is 11.3 Å². The first kappa shape index (κ1) is 21.0. The van der Waals surface area contributed by atoms with Gasteiger partial charge in [-0.15, -0.1) is 0 Å². The summed E-state index contributed by atoms with van der Waals surface area (Å²) >= 11 is 0. The van der Waals surface area contributed by atoms with E-state index in [-0.39, 0.29) is 18.6 Å². The second-order valence-electron chi connectivity index (χ2n) is 9.02. The van der Waals surface area contributed by atoms with Crippen molar-refractivity contribution >= 4 is 23.2 Å². The van der Waals surface area contributed by atoms with Gasteiger partial charge in [-0.25, -0.2) is 0 Å². The zero-order valence-electron chi connectivity index (χ0n) is 18.4. The van der Waals surface area contributed by atoms with E-state index in [1.54, 1.807) is 35.2 Å². The maximum Gasteiger partial charge on any atom is 0.255 e. The van der Waals surface area contributed by atoms with Crippen LogP contribution in [-0.4, -0.2) is 31.8 Å². The van der Waals surface area contributed by atoms with Crippen molar-refractivity contribution in [2.24, 2.45) is 11.3 Å². The Morgan fingerprint density at radius 2 is 1.81 bits per heavy atom. The molecule has 2 aromatic carbocycles. The maximum absolute atomic E-state index is 13.2.